The summed E-state index contributed by atoms with van der Waals surface area (Å²) in [5.41, 5.74) is 6.19. The predicted octanol–water partition coefficient (Wildman–Crippen LogP) is -1.68. The fourth-order valence-electron chi connectivity index (χ4n) is 1.79. The first-order chi connectivity index (χ1) is 10.9. The van der Waals surface area contributed by atoms with E-state index in [1.165, 1.54) is 5.48 Å². The molecule has 0 spiro atoms. The van der Waals surface area contributed by atoms with E-state index in [9.17, 15) is 31.5 Å². The summed E-state index contributed by atoms with van der Waals surface area (Å²) in [6.07, 6.45) is -0.675. The van der Waals surface area contributed by atoms with Crippen molar-refractivity contribution in [1.82, 2.24) is 5.48 Å². The highest BCUT2D eigenvalue weighted by atomic mass is 32.2. The van der Waals surface area contributed by atoms with Gasteiger partial charge in [0.2, 0.25) is 20.7 Å². The van der Waals surface area contributed by atoms with Crippen LogP contribution in [0.15, 0.2) is 34.1 Å². The minimum absolute atomic E-state index is 0.163. The van der Waals surface area contributed by atoms with Crippen LogP contribution in [-0.4, -0.2) is 50.2 Å². The Kier molecular flexibility index (Phi) is 5.71. The van der Waals surface area contributed by atoms with Crippen LogP contribution in [0.25, 0.3) is 0 Å². The van der Waals surface area contributed by atoms with E-state index in [2.05, 4.69) is 0 Å². The zero-order chi connectivity index (χ0) is 18.8. The van der Waals surface area contributed by atoms with Gasteiger partial charge < -0.3 is 10.8 Å². The lowest BCUT2D eigenvalue weighted by Gasteiger charge is -2.24. The minimum Gasteiger partial charge on any atom is -0.367 e. The number of nitrogens with one attached hydrogen (secondary N) is 1. The lowest BCUT2D eigenvalue weighted by molar-refractivity contribution is -0.133. The topological polar surface area (TPSA) is 181 Å². The van der Waals surface area contributed by atoms with Crippen LogP contribution >= 0.6 is 0 Å². The van der Waals surface area contributed by atoms with Gasteiger partial charge in [0.05, 0.1) is 9.79 Å². The van der Waals surface area contributed by atoms with Crippen molar-refractivity contribution in [2.45, 2.75) is 27.6 Å². The molecule has 10 nitrogen and oxygen atoms in total. The maximum absolute atomic E-state index is 12.5. The molecule has 1 unspecified atom stereocenters. The molecule has 0 aromatic heterocycles. The number of hydroxylamine groups is 1. The van der Waals surface area contributed by atoms with Crippen LogP contribution in [-0.2, 0) is 29.3 Å². The highest BCUT2D eigenvalue weighted by Crippen LogP contribution is 2.28. The number of nitrogens with two attached hydrogens (primary N) is 1. The third-order valence-corrected chi connectivity index (χ3v) is 6.52. The summed E-state index contributed by atoms with van der Waals surface area (Å²) in [6.45, 7) is 0. The van der Waals surface area contributed by atoms with E-state index >= 15 is 0 Å². The Bertz CT molecular complexity index is 846. The molecule has 24 heavy (non-hydrogen) atoms. The van der Waals surface area contributed by atoms with Gasteiger partial charge in [0, 0.05) is 19.1 Å². The number of benzene rings is 1. The van der Waals surface area contributed by atoms with E-state index in [-0.39, 0.29) is 4.90 Å². The number of hydrogen-bond donors (Lipinski definition) is 4. The molecule has 1 rings (SSSR count). The van der Waals surface area contributed by atoms with Crippen LogP contribution in [0.5, 0.6) is 0 Å². The Morgan fingerprint density at radius 1 is 1.12 bits per heavy atom. The Morgan fingerprint density at radius 2 is 1.58 bits per heavy atom. The van der Waals surface area contributed by atoms with Crippen LogP contribution in [0.2, 0.25) is 0 Å². The average molecular weight is 380 g/mol. The van der Waals surface area contributed by atoms with Crippen molar-refractivity contribution in [2.75, 3.05) is 6.26 Å². The number of aliphatic hydroxyl groups is 1. The van der Waals surface area contributed by atoms with E-state index in [1.54, 1.807) is 0 Å². The summed E-state index contributed by atoms with van der Waals surface area (Å²) < 4.78 is 47.7. The summed E-state index contributed by atoms with van der Waals surface area (Å²) in [5, 5.41) is 18.6. The molecule has 134 valence electrons. The fourth-order valence-corrected chi connectivity index (χ4v) is 3.94. The summed E-state index contributed by atoms with van der Waals surface area (Å²) >= 11 is 0. The normalized spacial score (nSPS) is 14.6. The van der Waals surface area contributed by atoms with Crippen molar-refractivity contribution < 1.29 is 36.7 Å². The van der Waals surface area contributed by atoms with Gasteiger partial charge >= 0.3 is 0 Å². The fraction of sp³-hybridized carbons (Fsp3) is 0.333. The van der Waals surface area contributed by atoms with E-state index in [0.29, 0.717) is 0 Å². The molecule has 0 bridgehead atoms. The third kappa shape index (κ3) is 3.90. The zero-order valence-electron chi connectivity index (χ0n) is 12.5. The summed E-state index contributed by atoms with van der Waals surface area (Å²) in [4.78, 5) is 18.7. The van der Waals surface area contributed by atoms with Crippen LogP contribution in [0, 0.1) is 0 Å². The number of carbonyl (C=O) groups is 2. The Morgan fingerprint density at radius 3 is 1.96 bits per heavy atom. The Hall–Kier alpha value is -2.02. The molecule has 0 saturated carbocycles. The molecule has 12 heteroatoms. The molecule has 1 aromatic rings. The SMILES string of the molecule is CS(=O)(=O)c1ccc(S(=O)(=O)C(O)(CCC(=O)NO)C(N)=O)cc1. The first kappa shape index (κ1) is 20.0. The van der Waals surface area contributed by atoms with Gasteiger partial charge in [-0.1, -0.05) is 0 Å². The first-order valence-corrected chi connectivity index (χ1v) is 9.73. The second kappa shape index (κ2) is 6.84. The van der Waals surface area contributed by atoms with E-state index < -0.39 is 54.2 Å². The van der Waals surface area contributed by atoms with E-state index in [0.717, 1.165) is 30.5 Å². The Balaban J connectivity index is 3.31. The molecule has 0 aliphatic rings. The molecule has 1 atom stereocenters. The lowest BCUT2D eigenvalue weighted by atomic mass is 10.2. The van der Waals surface area contributed by atoms with Gasteiger partial charge in [-0.05, 0) is 24.3 Å². The van der Waals surface area contributed by atoms with Gasteiger partial charge in [0.15, 0.2) is 9.84 Å². The van der Waals surface area contributed by atoms with Crippen molar-refractivity contribution in [3.05, 3.63) is 24.3 Å². The highest BCUT2D eigenvalue weighted by molar-refractivity contribution is 7.93. The smallest absolute Gasteiger partial charge is 0.265 e. The summed E-state index contributed by atoms with van der Waals surface area (Å²) in [5.74, 6) is -2.64. The highest BCUT2D eigenvalue weighted by Gasteiger charge is 2.48. The monoisotopic (exact) mass is 380 g/mol. The molecular formula is C12H16N2O8S2. The number of amides is 2. The van der Waals surface area contributed by atoms with Crippen LogP contribution in [0.3, 0.4) is 0 Å². The van der Waals surface area contributed by atoms with Crippen molar-refractivity contribution in [3.8, 4) is 0 Å². The van der Waals surface area contributed by atoms with Crippen LogP contribution < -0.4 is 11.2 Å². The van der Waals surface area contributed by atoms with Crippen molar-refractivity contribution in [3.63, 3.8) is 0 Å². The summed E-state index contributed by atoms with van der Waals surface area (Å²) in [7, 11) is -8.31. The molecule has 0 saturated heterocycles. The van der Waals surface area contributed by atoms with Crippen LogP contribution in [0.4, 0.5) is 0 Å². The van der Waals surface area contributed by atoms with Gasteiger partial charge in [-0.2, -0.15) is 0 Å². The maximum Gasteiger partial charge on any atom is 0.265 e. The molecular weight excluding hydrogens is 364 g/mol. The minimum atomic E-state index is -4.74. The second-order valence-electron chi connectivity index (χ2n) is 4.93. The van der Waals surface area contributed by atoms with Crippen molar-refractivity contribution >= 4 is 31.5 Å². The quantitative estimate of drug-likeness (QED) is 0.320. The largest absolute Gasteiger partial charge is 0.367 e. The molecule has 0 aliphatic heterocycles. The van der Waals surface area contributed by atoms with Gasteiger partial charge in [0.25, 0.3) is 5.91 Å². The number of carbonyl (C=O) groups excluding carboxylic acids is 2. The van der Waals surface area contributed by atoms with Gasteiger partial charge in [-0.3, -0.25) is 14.8 Å². The zero-order valence-corrected chi connectivity index (χ0v) is 14.1. The second-order valence-corrected chi connectivity index (χ2v) is 9.10. The average Bonchev–Trinajstić information content (AvgIpc) is 2.50. The predicted molar refractivity (Wildman–Crippen MR) is 80.0 cm³/mol. The molecule has 0 radical (unpaired) electrons. The molecule has 0 fully saturated rings. The number of primary amides is 1. The standard InChI is InChI=1S/C12H16N2O8S2/c1-23(19,20)8-2-4-9(5-3-8)24(21,22)12(17,11(13)16)7-6-10(15)14-18/h2-5,17-18H,6-7H2,1H3,(H2,13,16)(H,14,15). The number of rotatable bonds is 7. The van der Waals surface area contributed by atoms with Crippen molar-refractivity contribution in [2.24, 2.45) is 5.73 Å². The number of sulfone groups is 2. The Labute approximate surface area is 138 Å². The molecule has 1 aromatic carbocycles. The van der Waals surface area contributed by atoms with Gasteiger partial charge in [0.1, 0.15) is 0 Å². The third-order valence-electron chi connectivity index (χ3n) is 3.21. The molecule has 5 N–H and O–H groups in total. The van der Waals surface area contributed by atoms with E-state index in [1.807, 2.05) is 0 Å². The lowest BCUT2D eigenvalue weighted by Crippen LogP contribution is -2.51. The van der Waals surface area contributed by atoms with Crippen molar-refractivity contribution in [1.29, 1.82) is 0 Å². The van der Waals surface area contributed by atoms with Crippen LogP contribution in [0.1, 0.15) is 12.8 Å². The van der Waals surface area contributed by atoms with Gasteiger partial charge in [-0.15, -0.1) is 0 Å². The first-order valence-electron chi connectivity index (χ1n) is 6.36. The molecule has 0 heterocycles. The van der Waals surface area contributed by atoms with Gasteiger partial charge in [-0.25, -0.2) is 22.3 Å². The summed E-state index contributed by atoms with van der Waals surface area (Å²) in [6, 6.07) is 3.77. The molecule has 0 aliphatic carbocycles. The van der Waals surface area contributed by atoms with E-state index in [4.69, 9.17) is 10.9 Å². The maximum atomic E-state index is 12.5. The molecule has 2 amide bonds. The number of hydrogen-bond acceptors (Lipinski definition) is 8.